The minimum absolute atomic E-state index is 0.0676. The monoisotopic (exact) mass is 252 g/mol. The van der Waals surface area contributed by atoms with Crippen molar-refractivity contribution in [2.24, 2.45) is 0 Å². The summed E-state index contributed by atoms with van der Waals surface area (Å²) in [5, 5.41) is 29.2. The van der Waals surface area contributed by atoms with E-state index in [1.807, 2.05) is 4.90 Å². The van der Waals surface area contributed by atoms with E-state index in [1.54, 1.807) is 12.1 Å². The fourth-order valence-electron chi connectivity index (χ4n) is 2.42. The van der Waals surface area contributed by atoms with Crippen LogP contribution in [0, 0.1) is 10.1 Å². The number of nitrogens with zero attached hydrogens (tertiary/aromatic N) is 2. The molecule has 1 heterocycles. The molecule has 0 spiro atoms. The van der Waals surface area contributed by atoms with Gasteiger partial charge in [-0.3, -0.25) is 10.1 Å². The number of aliphatic hydroxyl groups is 2. The van der Waals surface area contributed by atoms with Gasteiger partial charge in [0.25, 0.3) is 5.69 Å². The van der Waals surface area contributed by atoms with Crippen LogP contribution in [0.15, 0.2) is 18.2 Å². The summed E-state index contributed by atoms with van der Waals surface area (Å²) in [5.74, 6) is 0. The lowest BCUT2D eigenvalue weighted by molar-refractivity contribution is -0.385. The molecule has 98 valence electrons. The molecule has 0 radical (unpaired) electrons. The van der Waals surface area contributed by atoms with Crippen LogP contribution in [0.5, 0.6) is 0 Å². The molecule has 1 fully saturated rings. The molecular formula is C12H16N2O4. The molecule has 1 aromatic carbocycles. The average molecular weight is 252 g/mol. The normalized spacial score (nSPS) is 19.2. The Balaban J connectivity index is 2.32. The third kappa shape index (κ3) is 2.30. The zero-order chi connectivity index (χ0) is 13.1. The van der Waals surface area contributed by atoms with E-state index in [2.05, 4.69) is 0 Å². The van der Waals surface area contributed by atoms with Gasteiger partial charge < -0.3 is 15.1 Å². The van der Waals surface area contributed by atoms with E-state index in [0.717, 1.165) is 25.1 Å². The van der Waals surface area contributed by atoms with E-state index in [-0.39, 0.29) is 24.9 Å². The van der Waals surface area contributed by atoms with Gasteiger partial charge in [0.2, 0.25) is 0 Å². The predicted molar refractivity (Wildman–Crippen MR) is 66.5 cm³/mol. The zero-order valence-corrected chi connectivity index (χ0v) is 9.95. The Labute approximate surface area is 105 Å². The van der Waals surface area contributed by atoms with Crippen molar-refractivity contribution in [2.75, 3.05) is 18.1 Å². The van der Waals surface area contributed by atoms with E-state index < -0.39 is 4.92 Å². The Morgan fingerprint density at radius 1 is 1.44 bits per heavy atom. The molecule has 1 saturated heterocycles. The first-order chi connectivity index (χ1) is 8.67. The largest absolute Gasteiger partial charge is 0.394 e. The molecule has 0 saturated carbocycles. The lowest BCUT2D eigenvalue weighted by Gasteiger charge is -2.25. The van der Waals surface area contributed by atoms with Crippen molar-refractivity contribution in [3.63, 3.8) is 0 Å². The highest BCUT2D eigenvalue weighted by molar-refractivity contribution is 5.56. The maximum absolute atomic E-state index is 10.8. The fourth-order valence-corrected chi connectivity index (χ4v) is 2.42. The third-order valence-electron chi connectivity index (χ3n) is 3.35. The number of rotatable bonds is 4. The quantitative estimate of drug-likeness (QED) is 0.617. The Morgan fingerprint density at radius 2 is 2.22 bits per heavy atom. The first-order valence-electron chi connectivity index (χ1n) is 5.93. The van der Waals surface area contributed by atoms with Gasteiger partial charge in [-0.1, -0.05) is 0 Å². The van der Waals surface area contributed by atoms with Gasteiger partial charge in [-0.15, -0.1) is 0 Å². The maximum Gasteiger partial charge on any atom is 0.275 e. The fraction of sp³-hybridized carbons (Fsp3) is 0.500. The third-order valence-corrected chi connectivity index (χ3v) is 3.35. The smallest absolute Gasteiger partial charge is 0.275 e. The van der Waals surface area contributed by atoms with E-state index >= 15 is 0 Å². The van der Waals surface area contributed by atoms with Crippen LogP contribution >= 0.6 is 0 Å². The first-order valence-corrected chi connectivity index (χ1v) is 5.93. The standard InChI is InChI=1S/C12H16N2O4/c15-7-9-6-10(3-4-12(9)14(17)18)13-5-1-2-11(13)8-16/h3-4,6,11,15-16H,1-2,5,7-8H2. The van der Waals surface area contributed by atoms with Gasteiger partial charge >= 0.3 is 0 Å². The Kier molecular flexibility index (Phi) is 3.78. The Bertz CT molecular complexity index is 450. The van der Waals surface area contributed by atoms with Gasteiger partial charge in [-0.2, -0.15) is 0 Å². The molecule has 0 aliphatic carbocycles. The summed E-state index contributed by atoms with van der Waals surface area (Å²) in [4.78, 5) is 12.3. The van der Waals surface area contributed by atoms with Crippen molar-refractivity contribution in [3.8, 4) is 0 Å². The number of aliphatic hydroxyl groups excluding tert-OH is 2. The highest BCUT2D eigenvalue weighted by Crippen LogP contribution is 2.29. The minimum Gasteiger partial charge on any atom is -0.394 e. The molecular weight excluding hydrogens is 236 g/mol. The highest BCUT2D eigenvalue weighted by Gasteiger charge is 2.25. The van der Waals surface area contributed by atoms with Crippen molar-refractivity contribution >= 4 is 11.4 Å². The molecule has 1 atom stereocenters. The van der Waals surface area contributed by atoms with Crippen LogP contribution in [0.2, 0.25) is 0 Å². The Hall–Kier alpha value is -1.66. The van der Waals surface area contributed by atoms with Crippen LogP contribution in [0.1, 0.15) is 18.4 Å². The van der Waals surface area contributed by atoms with Crippen LogP contribution < -0.4 is 4.90 Å². The van der Waals surface area contributed by atoms with E-state index in [9.17, 15) is 20.3 Å². The summed E-state index contributed by atoms with van der Waals surface area (Å²) in [6.07, 6.45) is 1.92. The second kappa shape index (κ2) is 5.32. The van der Waals surface area contributed by atoms with Crippen LogP contribution in [-0.4, -0.2) is 34.3 Å². The van der Waals surface area contributed by atoms with Crippen LogP contribution in [-0.2, 0) is 6.61 Å². The van der Waals surface area contributed by atoms with Crippen molar-refractivity contribution in [1.82, 2.24) is 0 Å². The lowest BCUT2D eigenvalue weighted by atomic mass is 10.1. The zero-order valence-electron chi connectivity index (χ0n) is 9.95. The number of hydrogen-bond acceptors (Lipinski definition) is 5. The van der Waals surface area contributed by atoms with Crippen LogP contribution in [0.4, 0.5) is 11.4 Å². The van der Waals surface area contributed by atoms with Crippen LogP contribution in [0.3, 0.4) is 0 Å². The van der Waals surface area contributed by atoms with Crippen molar-refractivity contribution < 1.29 is 15.1 Å². The summed E-state index contributed by atoms with van der Waals surface area (Å²) in [7, 11) is 0. The molecule has 0 amide bonds. The lowest BCUT2D eigenvalue weighted by Crippen LogP contribution is -2.32. The molecule has 0 aromatic heterocycles. The van der Waals surface area contributed by atoms with E-state index in [0.29, 0.717) is 5.56 Å². The van der Waals surface area contributed by atoms with Gasteiger partial charge in [0.1, 0.15) is 0 Å². The van der Waals surface area contributed by atoms with Gasteiger partial charge in [-0.05, 0) is 25.0 Å². The molecule has 0 bridgehead atoms. The van der Waals surface area contributed by atoms with Crippen molar-refractivity contribution in [3.05, 3.63) is 33.9 Å². The number of hydrogen-bond donors (Lipinski definition) is 2. The minimum atomic E-state index is -0.497. The summed E-state index contributed by atoms with van der Waals surface area (Å²) in [6, 6.07) is 4.78. The first kappa shape index (κ1) is 12.8. The number of nitro groups is 1. The topological polar surface area (TPSA) is 86.8 Å². The molecule has 2 N–H and O–H groups in total. The number of nitro benzene ring substituents is 1. The van der Waals surface area contributed by atoms with E-state index in [1.165, 1.54) is 6.07 Å². The summed E-state index contributed by atoms with van der Waals surface area (Å²) >= 11 is 0. The van der Waals surface area contributed by atoms with Gasteiger partial charge in [0, 0.05) is 18.3 Å². The van der Waals surface area contributed by atoms with Gasteiger partial charge in [0.15, 0.2) is 0 Å². The second-order valence-electron chi connectivity index (χ2n) is 4.40. The predicted octanol–water partition coefficient (Wildman–Crippen LogP) is 1.05. The molecule has 6 heteroatoms. The van der Waals surface area contributed by atoms with Gasteiger partial charge in [0.05, 0.1) is 29.7 Å². The van der Waals surface area contributed by atoms with E-state index in [4.69, 9.17) is 0 Å². The van der Waals surface area contributed by atoms with Crippen molar-refractivity contribution in [2.45, 2.75) is 25.5 Å². The number of benzene rings is 1. The average Bonchev–Trinajstić information content (AvgIpc) is 2.86. The summed E-state index contributed by atoms with van der Waals surface area (Å²) in [6.45, 7) is 0.543. The summed E-state index contributed by atoms with van der Waals surface area (Å²) in [5.41, 5.74) is 1.06. The maximum atomic E-state index is 10.8. The number of anilines is 1. The van der Waals surface area contributed by atoms with Crippen molar-refractivity contribution in [1.29, 1.82) is 0 Å². The van der Waals surface area contributed by atoms with Gasteiger partial charge in [-0.25, -0.2) is 0 Å². The van der Waals surface area contributed by atoms with Crippen LogP contribution in [0.25, 0.3) is 0 Å². The molecule has 18 heavy (non-hydrogen) atoms. The molecule has 1 unspecified atom stereocenters. The Morgan fingerprint density at radius 3 is 2.83 bits per heavy atom. The molecule has 1 aromatic rings. The highest BCUT2D eigenvalue weighted by atomic mass is 16.6. The summed E-state index contributed by atoms with van der Waals surface area (Å²) < 4.78 is 0. The molecule has 6 nitrogen and oxygen atoms in total. The molecule has 1 aliphatic heterocycles. The SMILES string of the molecule is O=[N+]([O-])c1ccc(N2CCCC2CO)cc1CO. The molecule has 1 aliphatic rings. The molecule has 2 rings (SSSR count). The second-order valence-corrected chi connectivity index (χ2v) is 4.40.